The Morgan fingerprint density at radius 3 is 2.95 bits per heavy atom. The standard InChI is InChI=1S/C15H19N3O2S/c1-11-7-8-12-4-2-6-14(15(12)17-11)18-21(19,20)10-13-5-3-9-16-13/h2,4,6-8,13,16,18H,3,5,9-10H2,1H3. The Morgan fingerprint density at radius 2 is 2.19 bits per heavy atom. The predicted molar refractivity (Wildman–Crippen MR) is 84.9 cm³/mol. The van der Waals surface area contributed by atoms with E-state index in [0.717, 1.165) is 30.5 Å². The van der Waals surface area contributed by atoms with Gasteiger partial charge in [0.05, 0.1) is 17.0 Å². The summed E-state index contributed by atoms with van der Waals surface area (Å²) < 4.78 is 27.3. The van der Waals surface area contributed by atoms with E-state index >= 15 is 0 Å². The first-order chi connectivity index (χ1) is 10.0. The van der Waals surface area contributed by atoms with Crippen molar-refractivity contribution in [2.24, 2.45) is 0 Å². The minimum absolute atomic E-state index is 0.0483. The quantitative estimate of drug-likeness (QED) is 0.907. The van der Waals surface area contributed by atoms with Crippen molar-refractivity contribution < 1.29 is 8.42 Å². The van der Waals surface area contributed by atoms with E-state index in [0.29, 0.717) is 11.2 Å². The van der Waals surface area contributed by atoms with Crippen LogP contribution in [0.3, 0.4) is 0 Å². The average molecular weight is 305 g/mol. The van der Waals surface area contributed by atoms with Crippen LogP contribution in [-0.4, -0.2) is 31.7 Å². The van der Waals surface area contributed by atoms with Gasteiger partial charge in [0.25, 0.3) is 0 Å². The second-order valence-corrected chi connectivity index (χ2v) is 7.27. The number of para-hydroxylation sites is 1. The Hall–Kier alpha value is -1.66. The third-order valence-electron chi connectivity index (χ3n) is 3.71. The number of rotatable bonds is 4. The number of pyridine rings is 1. The summed E-state index contributed by atoms with van der Waals surface area (Å²) in [6.45, 7) is 2.79. The molecular weight excluding hydrogens is 286 g/mol. The summed E-state index contributed by atoms with van der Waals surface area (Å²) in [7, 11) is -3.37. The Morgan fingerprint density at radius 1 is 1.33 bits per heavy atom. The highest BCUT2D eigenvalue weighted by Crippen LogP contribution is 2.23. The Bertz CT molecular complexity index is 753. The number of aryl methyl sites for hydroxylation is 1. The van der Waals surface area contributed by atoms with Crippen LogP contribution < -0.4 is 10.0 Å². The molecule has 0 bridgehead atoms. The van der Waals surface area contributed by atoms with Crippen molar-refractivity contribution in [2.75, 3.05) is 17.0 Å². The number of hydrogen-bond acceptors (Lipinski definition) is 4. The molecule has 1 atom stereocenters. The molecule has 1 aliphatic rings. The molecule has 0 radical (unpaired) electrons. The number of aromatic nitrogens is 1. The number of benzene rings is 1. The van der Waals surface area contributed by atoms with E-state index < -0.39 is 10.0 Å². The normalized spacial score (nSPS) is 19.0. The lowest BCUT2D eigenvalue weighted by Gasteiger charge is -2.14. The van der Waals surface area contributed by atoms with Crippen LogP contribution in [0.1, 0.15) is 18.5 Å². The zero-order chi connectivity index (χ0) is 14.9. The molecule has 2 aromatic rings. The van der Waals surface area contributed by atoms with Crippen molar-refractivity contribution in [3.05, 3.63) is 36.0 Å². The third kappa shape index (κ3) is 3.33. The molecule has 1 aromatic heterocycles. The van der Waals surface area contributed by atoms with Crippen LogP contribution in [0, 0.1) is 6.92 Å². The topological polar surface area (TPSA) is 71.1 Å². The Labute approximate surface area is 124 Å². The van der Waals surface area contributed by atoms with E-state index in [9.17, 15) is 8.42 Å². The van der Waals surface area contributed by atoms with Crippen LogP contribution >= 0.6 is 0 Å². The fraction of sp³-hybridized carbons (Fsp3) is 0.400. The van der Waals surface area contributed by atoms with E-state index in [-0.39, 0.29) is 11.8 Å². The summed E-state index contributed by atoms with van der Waals surface area (Å²) in [5, 5.41) is 4.14. The third-order valence-corrected chi connectivity index (χ3v) is 5.08. The summed E-state index contributed by atoms with van der Waals surface area (Å²) in [4.78, 5) is 4.45. The molecule has 0 saturated carbocycles. The maximum Gasteiger partial charge on any atom is 0.234 e. The number of fused-ring (bicyclic) bond motifs is 1. The molecule has 2 heterocycles. The average Bonchev–Trinajstić information content (AvgIpc) is 2.91. The van der Waals surface area contributed by atoms with Gasteiger partial charge in [0.15, 0.2) is 0 Å². The van der Waals surface area contributed by atoms with Gasteiger partial charge in [-0.2, -0.15) is 0 Å². The second kappa shape index (κ2) is 5.61. The summed E-state index contributed by atoms with van der Waals surface area (Å²) in [6.07, 6.45) is 1.95. The lowest BCUT2D eigenvalue weighted by molar-refractivity contribution is 0.582. The van der Waals surface area contributed by atoms with Gasteiger partial charge in [-0.15, -0.1) is 0 Å². The first-order valence-electron chi connectivity index (χ1n) is 7.14. The van der Waals surface area contributed by atoms with Crippen molar-refractivity contribution in [2.45, 2.75) is 25.8 Å². The van der Waals surface area contributed by atoms with E-state index in [2.05, 4.69) is 15.0 Å². The minimum atomic E-state index is -3.37. The van der Waals surface area contributed by atoms with Crippen molar-refractivity contribution in [1.82, 2.24) is 10.3 Å². The SMILES string of the molecule is Cc1ccc2cccc(NS(=O)(=O)CC3CCCN3)c2n1. The highest BCUT2D eigenvalue weighted by Gasteiger charge is 2.22. The van der Waals surface area contributed by atoms with Gasteiger partial charge < -0.3 is 5.32 Å². The maximum absolute atomic E-state index is 12.3. The van der Waals surface area contributed by atoms with Gasteiger partial charge in [-0.3, -0.25) is 9.71 Å². The molecule has 1 fully saturated rings. The molecule has 112 valence electrons. The first kappa shape index (κ1) is 14.3. The number of anilines is 1. The Kier molecular flexibility index (Phi) is 3.82. The summed E-state index contributed by atoms with van der Waals surface area (Å²) in [5.74, 6) is 0.106. The van der Waals surface area contributed by atoms with Crippen LogP contribution in [-0.2, 0) is 10.0 Å². The highest BCUT2D eigenvalue weighted by molar-refractivity contribution is 7.92. The maximum atomic E-state index is 12.3. The lowest BCUT2D eigenvalue weighted by Crippen LogP contribution is -2.32. The smallest absolute Gasteiger partial charge is 0.234 e. The molecule has 1 saturated heterocycles. The molecule has 0 aliphatic carbocycles. The molecule has 1 aliphatic heterocycles. The van der Waals surface area contributed by atoms with Crippen LogP contribution in [0.25, 0.3) is 10.9 Å². The van der Waals surface area contributed by atoms with Crippen LogP contribution in [0.5, 0.6) is 0 Å². The molecule has 1 aromatic carbocycles. The largest absolute Gasteiger partial charge is 0.313 e. The fourth-order valence-corrected chi connectivity index (χ4v) is 4.10. The van der Waals surface area contributed by atoms with Gasteiger partial charge in [0, 0.05) is 17.1 Å². The monoisotopic (exact) mass is 305 g/mol. The molecule has 0 amide bonds. The predicted octanol–water partition coefficient (Wildman–Crippen LogP) is 2.04. The zero-order valence-electron chi connectivity index (χ0n) is 12.0. The molecule has 21 heavy (non-hydrogen) atoms. The van der Waals surface area contributed by atoms with Crippen molar-refractivity contribution in [3.63, 3.8) is 0 Å². The molecule has 1 unspecified atom stereocenters. The molecular formula is C15H19N3O2S. The molecule has 5 nitrogen and oxygen atoms in total. The van der Waals surface area contributed by atoms with E-state index in [4.69, 9.17) is 0 Å². The second-order valence-electron chi connectivity index (χ2n) is 5.51. The molecule has 0 spiro atoms. The van der Waals surface area contributed by atoms with Crippen molar-refractivity contribution >= 4 is 26.6 Å². The Balaban J connectivity index is 1.88. The van der Waals surface area contributed by atoms with Crippen molar-refractivity contribution in [1.29, 1.82) is 0 Å². The number of nitrogens with one attached hydrogen (secondary N) is 2. The number of sulfonamides is 1. The van der Waals surface area contributed by atoms with Gasteiger partial charge in [0.2, 0.25) is 10.0 Å². The van der Waals surface area contributed by atoms with Gasteiger partial charge in [-0.1, -0.05) is 18.2 Å². The van der Waals surface area contributed by atoms with Gasteiger partial charge in [0.1, 0.15) is 0 Å². The summed E-state index contributed by atoms with van der Waals surface area (Å²) >= 11 is 0. The highest BCUT2D eigenvalue weighted by atomic mass is 32.2. The number of nitrogens with zero attached hydrogens (tertiary/aromatic N) is 1. The zero-order valence-corrected chi connectivity index (χ0v) is 12.8. The van der Waals surface area contributed by atoms with E-state index in [1.165, 1.54) is 0 Å². The fourth-order valence-electron chi connectivity index (χ4n) is 2.70. The van der Waals surface area contributed by atoms with Crippen molar-refractivity contribution in [3.8, 4) is 0 Å². The van der Waals surface area contributed by atoms with E-state index in [1.807, 2.05) is 31.2 Å². The number of hydrogen-bond donors (Lipinski definition) is 2. The molecule has 2 N–H and O–H groups in total. The minimum Gasteiger partial charge on any atom is -0.313 e. The van der Waals surface area contributed by atoms with Crippen LogP contribution in [0.15, 0.2) is 30.3 Å². The van der Waals surface area contributed by atoms with Gasteiger partial charge >= 0.3 is 0 Å². The van der Waals surface area contributed by atoms with E-state index in [1.54, 1.807) is 6.07 Å². The van der Waals surface area contributed by atoms with Crippen LogP contribution in [0.2, 0.25) is 0 Å². The van der Waals surface area contributed by atoms with Gasteiger partial charge in [-0.05, 0) is 38.4 Å². The molecule has 6 heteroatoms. The van der Waals surface area contributed by atoms with Crippen LogP contribution in [0.4, 0.5) is 5.69 Å². The summed E-state index contributed by atoms with van der Waals surface area (Å²) in [5.41, 5.74) is 2.11. The lowest BCUT2D eigenvalue weighted by atomic mass is 10.2. The first-order valence-corrected chi connectivity index (χ1v) is 8.79. The molecule has 3 rings (SSSR count). The van der Waals surface area contributed by atoms with Gasteiger partial charge in [-0.25, -0.2) is 8.42 Å². The summed E-state index contributed by atoms with van der Waals surface area (Å²) in [6, 6.07) is 9.45.